The zero-order valence-corrected chi connectivity index (χ0v) is 29.6. The minimum absolute atomic E-state index is 0. The summed E-state index contributed by atoms with van der Waals surface area (Å²) in [6.07, 6.45) is 25.7. The van der Waals surface area contributed by atoms with Crippen molar-refractivity contribution in [3.05, 3.63) is 23.0 Å². The molecule has 0 aliphatic carbocycles. The van der Waals surface area contributed by atoms with Gasteiger partial charge in [0, 0.05) is 50.1 Å². The molecular formula is C36H66ClN3O3. The first-order valence-corrected chi connectivity index (χ1v) is 17.6. The van der Waals surface area contributed by atoms with E-state index in [1.807, 2.05) is 20.0 Å². The van der Waals surface area contributed by atoms with Crippen molar-refractivity contribution in [2.75, 3.05) is 27.2 Å². The number of nitrogens with one attached hydrogen (secondary N) is 1. The molecule has 43 heavy (non-hydrogen) atoms. The number of hydrogen-bond acceptors (Lipinski definition) is 4. The topological polar surface area (TPSA) is 60.5 Å². The first kappa shape index (κ1) is 39.7. The number of unbranched alkanes of at least 4 members (excludes halogenated alkanes) is 14. The fourth-order valence-electron chi connectivity index (χ4n) is 6.17. The van der Waals surface area contributed by atoms with Gasteiger partial charge in [0.15, 0.2) is 0 Å². The van der Waals surface area contributed by atoms with Gasteiger partial charge in [0.1, 0.15) is 12.3 Å². The molecule has 0 bridgehead atoms. The van der Waals surface area contributed by atoms with Crippen molar-refractivity contribution in [1.82, 2.24) is 10.3 Å². The second kappa shape index (κ2) is 22.2. The van der Waals surface area contributed by atoms with Gasteiger partial charge in [0.05, 0.1) is 32.9 Å². The van der Waals surface area contributed by atoms with E-state index in [1.165, 1.54) is 95.5 Å². The van der Waals surface area contributed by atoms with Crippen molar-refractivity contribution in [3.63, 3.8) is 0 Å². The van der Waals surface area contributed by atoms with Crippen LogP contribution in [0.25, 0.3) is 0 Å². The monoisotopic (exact) mass is 623 g/mol. The fourth-order valence-corrected chi connectivity index (χ4v) is 6.17. The van der Waals surface area contributed by atoms with Crippen LogP contribution in [-0.4, -0.2) is 48.3 Å². The van der Waals surface area contributed by atoms with Crippen molar-refractivity contribution in [2.45, 2.75) is 169 Å². The average Bonchev–Trinajstić information content (AvgIpc) is 2.95. The molecule has 0 saturated heterocycles. The molecule has 1 aromatic heterocycles. The third-order valence-electron chi connectivity index (χ3n) is 8.82. The summed E-state index contributed by atoms with van der Waals surface area (Å²) < 4.78 is 13.3. The Kier molecular flexibility index (Phi) is 20.5. The molecule has 1 atom stereocenters. The molecule has 7 heteroatoms. The van der Waals surface area contributed by atoms with Crippen LogP contribution in [0.5, 0.6) is 5.75 Å². The molecule has 6 nitrogen and oxygen atoms in total. The maximum Gasteiger partial charge on any atom is 0.219 e. The summed E-state index contributed by atoms with van der Waals surface area (Å²) in [5.41, 5.74) is 3.26. The van der Waals surface area contributed by atoms with E-state index in [1.54, 1.807) is 0 Å². The van der Waals surface area contributed by atoms with E-state index in [0.29, 0.717) is 13.0 Å². The molecular weight excluding hydrogens is 558 g/mol. The van der Waals surface area contributed by atoms with E-state index >= 15 is 0 Å². The fraction of sp³-hybridized carbons (Fsp3) is 0.833. The van der Waals surface area contributed by atoms with Crippen LogP contribution in [0.2, 0.25) is 0 Å². The number of quaternary nitrogens is 1. The van der Waals surface area contributed by atoms with Crippen molar-refractivity contribution in [3.8, 4) is 5.75 Å². The number of pyridine rings is 1. The van der Waals surface area contributed by atoms with Crippen LogP contribution >= 0.6 is 0 Å². The highest BCUT2D eigenvalue weighted by Crippen LogP contribution is 2.37. The van der Waals surface area contributed by atoms with Gasteiger partial charge in [-0.1, -0.05) is 104 Å². The van der Waals surface area contributed by atoms with Gasteiger partial charge in [0.2, 0.25) is 11.7 Å². The molecule has 2 heterocycles. The number of halogens is 1. The summed E-state index contributed by atoms with van der Waals surface area (Å²) in [5, 5.41) is 3.15. The molecule has 250 valence electrons. The van der Waals surface area contributed by atoms with E-state index in [0.717, 1.165) is 66.8 Å². The summed E-state index contributed by atoms with van der Waals surface area (Å²) in [4.78, 5) is 17.0. The van der Waals surface area contributed by atoms with Crippen molar-refractivity contribution in [2.24, 2.45) is 0 Å². The summed E-state index contributed by atoms with van der Waals surface area (Å²) in [5.74, 6) is 0.541. The molecule has 0 aromatic carbocycles. The normalized spacial score (nSPS) is 16.3. The SMILES string of the molecule is CCCCCCCCCCCCCCCCCC(=O)NCCC[N+](C)(C)Cc1cnc(C)c2c1COC(C)(CCC)O2.[Cl-]. The Morgan fingerprint density at radius 1 is 0.884 bits per heavy atom. The molecule has 1 aromatic rings. The van der Waals surface area contributed by atoms with Gasteiger partial charge in [0.25, 0.3) is 0 Å². The number of nitrogens with zero attached hydrogens (tertiary/aromatic N) is 2. The highest BCUT2D eigenvalue weighted by atomic mass is 35.5. The zero-order chi connectivity index (χ0) is 30.7. The van der Waals surface area contributed by atoms with Crippen LogP contribution < -0.4 is 22.5 Å². The van der Waals surface area contributed by atoms with Crippen LogP contribution in [0.4, 0.5) is 0 Å². The Bertz CT molecular complexity index is 895. The van der Waals surface area contributed by atoms with Gasteiger partial charge in [-0.25, -0.2) is 0 Å². The van der Waals surface area contributed by atoms with Crippen LogP contribution in [0.15, 0.2) is 6.20 Å². The van der Waals surface area contributed by atoms with Gasteiger partial charge in [-0.15, -0.1) is 0 Å². The number of aryl methyl sites for hydroxylation is 1. The lowest BCUT2D eigenvalue weighted by Gasteiger charge is -2.38. The number of carbonyl (C=O) groups is 1. The smallest absolute Gasteiger partial charge is 0.219 e. The van der Waals surface area contributed by atoms with Crippen LogP contribution in [0.3, 0.4) is 0 Å². The number of ether oxygens (including phenoxy) is 2. The summed E-state index contributed by atoms with van der Waals surface area (Å²) in [7, 11) is 4.49. The van der Waals surface area contributed by atoms with E-state index in [2.05, 4.69) is 38.2 Å². The Hall–Kier alpha value is -1.37. The number of carbonyl (C=O) groups excluding carboxylic acids is 1. The van der Waals surface area contributed by atoms with Crippen molar-refractivity contribution in [1.29, 1.82) is 0 Å². The second-order valence-corrected chi connectivity index (χ2v) is 13.7. The van der Waals surface area contributed by atoms with Gasteiger partial charge in [-0.3, -0.25) is 9.78 Å². The molecule has 0 spiro atoms. The number of aromatic nitrogens is 1. The third-order valence-corrected chi connectivity index (χ3v) is 8.82. The number of fused-ring (bicyclic) bond motifs is 1. The van der Waals surface area contributed by atoms with Crippen molar-refractivity contribution >= 4 is 5.91 Å². The Morgan fingerprint density at radius 3 is 2.00 bits per heavy atom. The predicted molar refractivity (Wildman–Crippen MR) is 176 cm³/mol. The lowest BCUT2D eigenvalue weighted by atomic mass is 10.0. The molecule has 0 radical (unpaired) electrons. The van der Waals surface area contributed by atoms with Gasteiger partial charge < -0.3 is 31.7 Å². The van der Waals surface area contributed by atoms with Crippen molar-refractivity contribution < 1.29 is 31.2 Å². The van der Waals surface area contributed by atoms with Gasteiger partial charge >= 0.3 is 0 Å². The van der Waals surface area contributed by atoms with E-state index < -0.39 is 5.79 Å². The van der Waals surface area contributed by atoms with E-state index in [9.17, 15) is 4.79 Å². The molecule has 1 aliphatic heterocycles. The summed E-state index contributed by atoms with van der Waals surface area (Å²) >= 11 is 0. The molecule has 1 unspecified atom stereocenters. The number of hydrogen-bond donors (Lipinski definition) is 1. The molecule has 1 N–H and O–H groups in total. The quantitative estimate of drug-likeness (QED) is 0.111. The van der Waals surface area contributed by atoms with E-state index in [4.69, 9.17) is 9.47 Å². The highest BCUT2D eigenvalue weighted by Gasteiger charge is 2.35. The summed E-state index contributed by atoms with van der Waals surface area (Å²) in [6.45, 7) is 11.6. The maximum absolute atomic E-state index is 12.3. The Labute approximate surface area is 271 Å². The largest absolute Gasteiger partial charge is 1.00 e. The van der Waals surface area contributed by atoms with Crippen LogP contribution in [0.1, 0.15) is 160 Å². The van der Waals surface area contributed by atoms with Gasteiger partial charge in [-0.2, -0.15) is 0 Å². The van der Waals surface area contributed by atoms with Crippen LogP contribution in [0, 0.1) is 6.92 Å². The van der Waals surface area contributed by atoms with Gasteiger partial charge in [-0.05, 0) is 19.8 Å². The van der Waals surface area contributed by atoms with E-state index in [-0.39, 0.29) is 18.3 Å². The first-order valence-electron chi connectivity index (χ1n) is 17.6. The molecule has 0 saturated carbocycles. The predicted octanol–water partition coefficient (Wildman–Crippen LogP) is 6.16. The zero-order valence-electron chi connectivity index (χ0n) is 28.8. The number of amides is 1. The molecule has 1 amide bonds. The van der Waals surface area contributed by atoms with Crippen LogP contribution in [-0.2, 0) is 22.7 Å². The lowest BCUT2D eigenvalue weighted by Crippen LogP contribution is -3.00. The maximum atomic E-state index is 12.3. The number of rotatable bonds is 24. The first-order chi connectivity index (χ1) is 20.2. The molecule has 2 rings (SSSR count). The molecule has 0 fully saturated rings. The Balaban J connectivity index is 0.00000924. The third kappa shape index (κ3) is 16.5. The standard InChI is InChI=1S/C36H65N3O3.ClH/c1-7-9-10-11-12-13-14-15-16-17-18-19-20-21-22-24-34(40)37-26-23-27-39(5,6)29-32-28-38-31(3)35-33(32)30-41-36(4,42-35)25-8-2;/h28H,7-27,29-30H2,1-6H3;1H. The average molecular weight is 624 g/mol. The second-order valence-electron chi connectivity index (χ2n) is 13.7. The summed E-state index contributed by atoms with van der Waals surface area (Å²) in [6, 6.07) is 0. The minimum atomic E-state index is -0.568. The minimum Gasteiger partial charge on any atom is -1.00 e. The molecule has 1 aliphatic rings. The lowest BCUT2D eigenvalue weighted by molar-refractivity contribution is -0.903. The Morgan fingerprint density at radius 2 is 1.44 bits per heavy atom. The highest BCUT2D eigenvalue weighted by molar-refractivity contribution is 5.75.